The van der Waals surface area contributed by atoms with Gasteiger partial charge in [0.05, 0.1) is 5.52 Å². The highest BCUT2D eigenvalue weighted by atomic mass is 16.2. The Morgan fingerprint density at radius 1 is 0.946 bits per heavy atom. The highest BCUT2D eigenvalue weighted by Gasteiger charge is 2.50. The van der Waals surface area contributed by atoms with Crippen molar-refractivity contribution >= 4 is 28.6 Å². The summed E-state index contributed by atoms with van der Waals surface area (Å²) in [6.45, 7) is 2.21. The van der Waals surface area contributed by atoms with Crippen LogP contribution in [0.3, 0.4) is 0 Å². The van der Waals surface area contributed by atoms with Crippen molar-refractivity contribution in [3.05, 3.63) is 66.4 Å². The molecule has 2 aromatic carbocycles. The Morgan fingerprint density at radius 2 is 1.70 bits per heavy atom. The molecule has 0 bridgehead atoms. The fourth-order valence-electron chi connectivity index (χ4n) is 6.51. The summed E-state index contributed by atoms with van der Waals surface area (Å²) in [7, 11) is 0. The fraction of sp³-hybridized carbons (Fsp3) is 0.419. The second kappa shape index (κ2) is 8.79. The molecule has 6 heteroatoms. The minimum atomic E-state index is -0.586. The molecule has 0 radical (unpaired) electrons. The summed E-state index contributed by atoms with van der Waals surface area (Å²) in [6, 6.07) is 18.7. The van der Waals surface area contributed by atoms with Gasteiger partial charge in [-0.2, -0.15) is 0 Å². The number of para-hydroxylation sites is 1. The molecular weight excluding hydrogens is 460 g/mol. The molecule has 4 aliphatic rings. The molecule has 2 aliphatic carbocycles. The molecule has 188 valence electrons. The highest BCUT2D eigenvalue weighted by molar-refractivity contribution is 6.15. The Kier molecular flexibility index (Phi) is 5.38. The molecule has 3 heterocycles. The number of carbonyl (C=O) groups is 2. The van der Waals surface area contributed by atoms with Gasteiger partial charge in [0.2, 0.25) is 5.91 Å². The van der Waals surface area contributed by atoms with Crippen LogP contribution >= 0.6 is 0 Å². The van der Waals surface area contributed by atoms with Gasteiger partial charge < -0.3 is 4.90 Å². The number of hydrogen-bond acceptors (Lipinski definition) is 4. The minimum Gasteiger partial charge on any atom is -0.342 e. The largest absolute Gasteiger partial charge is 0.342 e. The second-order valence-electron chi connectivity index (χ2n) is 11.3. The van der Waals surface area contributed by atoms with Gasteiger partial charge in [-0.3, -0.25) is 24.5 Å². The van der Waals surface area contributed by atoms with Crippen LogP contribution in [0.15, 0.2) is 65.8 Å². The second-order valence-corrected chi connectivity index (χ2v) is 11.3. The minimum absolute atomic E-state index is 0.163. The normalized spacial score (nSPS) is 22.9. The van der Waals surface area contributed by atoms with Crippen molar-refractivity contribution in [1.82, 2.24) is 14.8 Å². The number of amides is 2. The van der Waals surface area contributed by atoms with Crippen molar-refractivity contribution in [3.8, 4) is 11.1 Å². The molecular formula is C31H32N4O2. The maximum absolute atomic E-state index is 13.8. The van der Waals surface area contributed by atoms with E-state index in [0.717, 1.165) is 91.5 Å². The molecule has 3 fully saturated rings. The van der Waals surface area contributed by atoms with Crippen molar-refractivity contribution in [2.75, 3.05) is 19.6 Å². The molecule has 1 saturated heterocycles. The van der Waals surface area contributed by atoms with Crippen LogP contribution in [0.25, 0.3) is 22.0 Å². The smallest absolute Gasteiger partial charge is 0.256 e. The number of aliphatic imine (C=N–C) groups is 1. The summed E-state index contributed by atoms with van der Waals surface area (Å²) in [5.41, 5.74) is 3.66. The van der Waals surface area contributed by atoms with Crippen LogP contribution in [0.5, 0.6) is 0 Å². The molecule has 6 nitrogen and oxygen atoms in total. The van der Waals surface area contributed by atoms with Crippen molar-refractivity contribution in [3.63, 3.8) is 0 Å². The standard InChI is InChI=1S/C31H32N4O2/c36-29(24-11-12-24)34-18-14-21(19-34)20-35-28(33-31(30(35)37)15-3-4-16-31)23-9-7-22(8-10-23)25-13-17-32-27-6-2-1-5-26(25)27/h1-2,5-10,13,17,21,24H,3-4,11-12,14-16,18-20H2. The quantitative estimate of drug-likeness (QED) is 0.500. The maximum Gasteiger partial charge on any atom is 0.256 e. The van der Waals surface area contributed by atoms with Gasteiger partial charge in [0.1, 0.15) is 11.4 Å². The van der Waals surface area contributed by atoms with Gasteiger partial charge in [-0.25, -0.2) is 0 Å². The number of pyridine rings is 1. The van der Waals surface area contributed by atoms with Gasteiger partial charge in [0.15, 0.2) is 0 Å². The lowest BCUT2D eigenvalue weighted by Gasteiger charge is -2.25. The fourth-order valence-corrected chi connectivity index (χ4v) is 6.51. The van der Waals surface area contributed by atoms with E-state index in [9.17, 15) is 9.59 Å². The average molecular weight is 493 g/mol. The summed E-state index contributed by atoms with van der Waals surface area (Å²) in [6.07, 6.45) is 8.67. The Bertz CT molecular complexity index is 1400. The first-order valence-electron chi connectivity index (χ1n) is 13.8. The summed E-state index contributed by atoms with van der Waals surface area (Å²) in [5, 5.41) is 1.13. The topological polar surface area (TPSA) is 65.9 Å². The van der Waals surface area contributed by atoms with E-state index in [-0.39, 0.29) is 11.8 Å². The number of carbonyl (C=O) groups excluding carboxylic acids is 2. The number of likely N-dealkylation sites (tertiary alicyclic amines) is 1. The first-order valence-corrected chi connectivity index (χ1v) is 13.8. The summed E-state index contributed by atoms with van der Waals surface area (Å²) in [5.74, 6) is 1.84. The Balaban J connectivity index is 1.17. The summed E-state index contributed by atoms with van der Waals surface area (Å²) < 4.78 is 0. The molecule has 1 aromatic heterocycles. The van der Waals surface area contributed by atoms with E-state index >= 15 is 0 Å². The number of fused-ring (bicyclic) bond motifs is 1. The zero-order chi connectivity index (χ0) is 25.0. The lowest BCUT2D eigenvalue weighted by Crippen LogP contribution is -2.44. The molecule has 3 aromatic rings. The van der Waals surface area contributed by atoms with Crippen LogP contribution in [-0.2, 0) is 9.59 Å². The first kappa shape index (κ1) is 22.6. The molecule has 7 rings (SSSR count). The summed E-state index contributed by atoms with van der Waals surface area (Å²) >= 11 is 0. The van der Waals surface area contributed by atoms with Gasteiger partial charge in [-0.15, -0.1) is 0 Å². The van der Waals surface area contributed by atoms with E-state index in [1.54, 1.807) is 0 Å². The van der Waals surface area contributed by atoms with Crippen molar-refractivity contribution in [1.29, 1.82) is 0 Å². The van der Waals surface area contributed by atoms with Gasteiger partial charge in [0.25, 0.3) is 5.91 Å². The molecule has 1 unspecified atom stereocenters. The molecule has 2 aliphatic heterocycles. The van der Waals surface area contributed by atoms with E-state index in [0.29, 0.717) is 18.4 Å². The number of aromatic nitrogens is 1. The first-order chi connectivity index (χ1) is 18.1. The monoisotopic (exact) mass is 492 g/mol. The number of benzene rings is 2. The zero-order valence-electron chi connectivity index (χ0n) is 21.1. The Labute approximate surface area is 217 Å². The zero-order valence-corrected chi connectivity index (χ0v) is 21.1. The number of hydrogen-bond donors (Lipinski definition) is 0. The lowest BCUT2D eigenvalue weighted by atomic mass is 9.97. The Morgan fingerprint density at radius 3 is 2.49 bits per heavy atom. The van der Waals surface area contributed by atoms with E-state index in [1.165, 1.54) is 0 Å². The van der Waals surface area contributed by atoms with E-state index in [4.69, 9.17) is 4.99 Å². The third kappa shape index (κ3) is 3.94. The molecule has 1 spiro atoms. The number of nitrogens with zero attached hydrogens (tertiary/aromatic N) is 4. The van der Waals surface area contributed by atoms with Crippen LogP contribution in [0.4, 0.5) is 0 Å². The van der Waals surface area contributed by atoms with Crippen LogP contribution in [-0.4, -0.2) is 57.6 Å². The molecule has 37 heavy (non-hydrogen) atoms. The lowest BCUT2D eigenvalue weighted by molar-refractivity contribution is -0.131. The van der Waals surface area contributed by atoms with Crippen LogP contribution in [0.1, 0.15) is 50.5 Å². The average Bonchev–Trinajstić information content (AvgIpc) is 3.39. The van der Waals surface area contributed by atoms with Gasteiger partial charge >= 0.3 is 0 Å². The van der Waals surface area contributed by atoms with Crippen LogP contribution in [0.2, 0.25) is 0 Å². The van der Waals surface area contributed by atoms with E-state index in [2.05, 4.69) is 41.4 Å². The molecule has 0 N–H and O–H groups in total. The van der Waals surface area contributed by atoms with Crippen LogP contribution < -0.4 is 0 Å². The predicted molar refractivity (Wildman–Crippen MR) is 144 cm³/mol. The Hall–Kier alpha value is -3.54. The summed E-state index contributed by atoms with van der Waals surface area (Å²) in [4.78, 5) is 40.0. The molecule has 1 atom stereocenters. The van der Waals surface area contributed by atoms with Crippen LogP contribution in [0, 0.1) is 11.8 Å². The van der Waals surface area contributed by atoms with Crippen molar-refractivity contribution in [2.24, 2.45) is 16.8 Å². The number of rotatable bonds is 5. The third-order valence-corrected chi connectivity index (χ3v) is 8.72. The van der Waals surface area contributed by atoms with Gasteiger partial charge in [0, 0.05) is 42.7 Å². The van der Waals surface area contributed by atoms with Crippen molar-refractivity contribution < 1.29 is 9.59 Å². The molecule has 2 amide bonds. The highest BCUT2D eigenvalue weighted by Crippen LogP contribution is 2.41. The van der Waals surface area contributed by atoms with Crippen molar-refractivity contribution in [2.45, 2.75) is 50.5 Å². The molecule has 2 saturated carbocycles. The third-order valence-electron chi connectivity index (χ3n) is 8.72. The SMILES string of the molecule is O=C(C1CC1)N1CCC(CN2C(=O)C3(CCCC3)N=C2c2ccc(-c3ccnc4ccccc34)cc2)C1. The van der Waals surface area contributed by atoms with Gasteiger partial charge in [-0.1, -0.05) is 55.3 Å². The predicted octanol–water partition coefficient (Wildman–Crippen LogP) is 5.06. The van der Waals surface area contributed by atoms with E-state index < -0.39 is 5.54 Å². The maximum atomic E-state index is 13.8. The number of amidine groups is 1. The van der Waals surface area contributed by atoms with Gasteiger partial charge in [-0.05, 0) is 61.3 Å². The van der Waals surface area contributed by atoms with E-state index in [1.807, 2.05) is 34.2 Å².